The second-order valence-corrected chi connectivity index (χ2v) is 10.1. The average molecular weight is 551 g/mol. The maximum atomic E-state index is 14.0. The summed E-state index contributed by atoms with van der Waals surface area (Å²) in [6, 6.07) is 19.5. The maximum absolute atomic E-state index is 14.0. The molecule has 0 aliphatic carbocycles. The Hall–Kier alpha value is -5.03. The van der Waals surface area contributed by atoms with E-state index in [9.17, 15) is 18.4 Å². The van der Waals surface area contributed by atoms with Gasteiger partial charge >= 0.3 is 0 Å². The lowest BCUT2D eigenvalue weighted by molar-refractivity contribution is -0.119. The summed E-state index contributed by atoms with van der Waals surface area (Å²) in [6.45, 7) is 1.84. The molecule has 1 atom stereocenters. The second-order valence-electron chi connectivity index (χ2n) is 10.1. The number of amides is 2. The van der Waals surface area contributed by atoms with Crippen LogP contribution < -0.4 is 15.5 Å². The van der Waals surface area contributed by atoms with Gasteiger partial charge in [0.15, 0.2) is 0 Å². The minimum absolute atomic E-state index is 0.0859. The fraction of sp³-hybridized carbons (Fsp3) is 0.182. The maximum Gasteiger partial charge on any atom is 0.251 e. The number of nitrogens with zero attached hydrogens (tertiary/aromatic N) is 2. The van der Waals surface area contributed by atoms with Crippen molar-refractivity contribution in [3.8, 4) is 23.0 Å². The number of anilines is 1. The smallest absolute Gasteiger partial charge is 0.251 e. The molecule has 1 aromatic heterocycles. The number of hydrogen-bond acceptors (Lipinski definition) is 4. The van der Waals surface area contributed by atoms with Crippen molar-refractivity contribution in [1.82, 2.24) is 15.6 Å². The Kier molecular flexibility index (Phi) is 7.79. The van der Waals surface area contributed by atoms with Crippen LogP contribution in [0.3, 0.4) is 0 Å². The number of halogens is 2. The van der Waals surface area contributed by atoms with Gasteiger partial charge in [-0.3, -0.25) is 9.59 Å². The molecule has 1 aliphatic rings. The van der Waals surface area contributed by atoms with Crippen LogP contribution in [0.5, 0.6) is 0 Å². The van der Waals surface area contributed by atoms with Gasteiger partial charge in [-0.1, -0.05) is 18.1 Å². The molecule has 0 radical (unpaired) electrons. The van der Waals surface area contributed by atoms with Crippen LogP contribution in [0.25, 0.3) is 11.1 Å². The van der Waals surface area contributed by atoms with Gasteiger partial charge in [-0.25, -0.2) is 13.8 Å². The molecule has 8 heteroatoms. The van der Waals surface area contributed by atoms with E-state index in [-0.39, 0.29) is 18.2 Å². The molecule has 0 fully saturated rings. The molecule has 0 bridgehead atoms. The lowest BCUT2D eigenvalue weighted by Crippen LogP contribution is -2.29. The van der Waals surface area contributed by atoms with Crippen LogP contribution in [0.15, 0.2) is 72.8 Å². The molecule has 4 aromatic rings. The van der Waals surface area contributed by atoms with E-state index in [4.69, 9.17) is 4.98 Å². The summed E-state index contributed by atoms with van der Waals surface area (Å²) in [5, 5.41) is 5.71. The third-order valence-electron chi connectivity index (χ3n) is 6.82. The van der Waals surface area contributed by atoms with Crippen LogP contribution in [0.4, 0.5) is 14.5 Å². The molecule has 0 unspecified atom stereocenters. The van der Waals surface area contributed by atoms with Crippen LogP contribution in [0.1, 0.15) is 51.4 Å². The largest absolute Gasteiger partial charge is 0.378 e. The minimum atomic E-state index is -0.730. The minimum Gasteiger partial charge on any atom is -0.378 e. The van der Waals surface area contributed by atoms with E-state index in [0.717, 1.165) is 28.4 Å². The average Bonchev–Trinajstić information content (AvgIpc) is 3.30. The van der Waals surface area contributed by atoms with Gasteiger partial charge in [0.2, 0.25) is 5.91 Å². The monoisotopic (exact) mass is 550 g/mol. The number of carbonyl (C=O) groups is 2. The molecule has 2 heterocycles. The van der Waals surface area contributed by atoms with Gasteiger partial charge in [-0.15, -0.1) is 0 Å². The Balaban J connectivity index is 1.60. The summed E-state index contributed by atoms with van der Waals surface area (Å²) >= 11 is 0. The van der Waals surface area contributed by atoms with Crippen molar-refractivity contribution in [3.63, 3.8) is 0 Å². The van der Waals surface area contributed by atoms with E-state index in [1.165, 1.54) is 19.1 Å². The molecule has 3 aromatic carbocycles. The Morgan fingerprint density at radius 3 is 2.39 bits per heavy atom. The van der Waals surface area contributed by atoms with E-state index < -0.39 is 17.7 Å². The number of fused-ring (bicyclic) bond motifs is 1. The van der Waals surface area contributed by atoms with Crippen molar-refractivity contribution in [1.29, 1.82) is 0 Å². The Morgan fingerprint density at radius 2 is 1.71 bits per heavy atom. The molecule has 5 rings (SSSR count). The molecule has 6 nitrogen and oxygen atoms in total. The quantitative estimate of drug-likeness (QED) is 0.326. The van der Waals surface area contributed by atoms with Crippen molar-refractivity contribution in [2.75, 3.05) is 19.0 Å². The van der Waals surface area contributed by atoms with Crippen molar-refractivity contribution >= 4 is 17.5 Å². The first-order chi connectivity index (χ1) is 19.7. The first kappa shape index (κ1) is 27.5. The molecule has 206 valence electrons. The van der Waals surface area contributed by atoms with Gasteiger partial charge in [0.1, 0.15) is 17.3 Å². The highest BCUT2D eigenvalue weighted by molar-refractivity contribution is 5.99. The zero-order valence-corrected chi connectivity index (χ0v) is 22.9. The number of carbonyl (C=O) groups excluding carboxylic acids is 2. The van der Waals surface area contributed by atoms with Crippen LogP contribution in [-0.4, -0.2) is 30.9 Å². The third kappa shape index (κ3) is 6.42. The zero-order chi connectivity index (χ0) is 29.1. The predicted molar refractivity (Wildman–Crippen MR) is 154 cm³/mol. The van der Waals surface area contributed by atoms with Gasteiger partial charge in [0.25, 0.3) is 5.91 Å². The van der Waals surface area contributed by atoms with Crippen LogP contribution in [-0.2, 0) is 17.8 Å². The highest BCUT2D eigenvalue weighted by Crippen LogP contribution is 2.32. The Labute approximate surface area is 237 Å². The number of nitrogens with one attached hydrogen (secondary N) is 2. The van der Waals surface area contributed by atoms with Gasteiger partial charge in [-0.2, -0.15) is 0 Å². The summed E-state index contributed by atoms with van der Waals surface area (Å²) in [4.78, 5) is 31.5. The number of aromatic nitrogens is 1. The predicted octanol–water partition coefficient (Wildman–Crippen LogP) is 5.16. The topological polar surface area (TPSA) is 74.3 Å². The van der Waals surface area contributed by atoms with Crippen LogP contribution in [0.2, 0.25) is 0 Å². The molecular weight excluding hydrogens is 522 g/mol. The van der Waals surface area contributed by atoms with Gasteiger partial charge in [0, 0.05) is 56.0 Å². The number of benzene rings is 3. The highest BCUT2D eigenvalue weighted by atomic mass is 19.1. The fourth-order valence-electron chi connectivity index (χ4n) is 4.84. The first-order valence-electron chi connectivity index (χ1n) is 13.1. The van der Waals surface area contributed by atoms with Crippen molar-refractivity contribution in [2.45, 2.75) is 25.9 Å². The van der Waals surface area contributed by atoms with E-state index in [0.29, 0.717) is 34.6 Å². The second kappa shape index (κ2) is 11.6. The lowest BCUT2D eigenvalue weighted by Gasteiger charge is -2.21. The van der Waals surface area contributed by atoms with Crippen LogP contribution >= 0.6 is 0 Å². The standard InChI is InChI=1S/C33H28F2N4O2/c1-20(40)37-31(16-22-14-25(34)18-26(35)15-22)32-29(23-7-8-24-19-36-33(41)30(24)17-23)13-10-27(38-32)9-4-21-5-11-28(12-6-21)39(2)3/h5-8,10-15,17-18,31H,16,19H2,1-3H3,(H,36,41)(H,37,40)/t31-/m0/s1. The molecule has 2 amide bonds. The molecule has 2 N–H and O–H groups in total. The van der Waals surface area contributed by atoms with Gasteiger partial charge in [0.05, 0.1) is 11.7 Å². The van der Waals surface area contributed by atoms with Gasteiger partial charge < -0.3 is 15.5 Å². The first-order valence-corrected chi connectivity index (χ1v) is 13.1. The Morgan fingerprint density at radius 1 is 0.976 bits per heavy atom. The summed E-state index contributed by atoms with van der Waals surface area (Å²) in [5.74, 6) is 4.32. The fourth-order valence-corrected chi connectivity index (χ4v) is 4.84. The third-order valence-corrected chi connectivity index (χ3v) is 6.82. The summed E-state index contributed by atoms with van der Waals surface area (Å²) < 4.78 is 28.1. The van der Waals surface area contributed by atoms with Gasteiger partial charge in [-0.05, 0) is 83.6 Å². The molecule has 0 saturated heterocycles. The van der Waals surface area contributed by atoms with Crippen LogP contribution in [0, 0.1) is 23.5 Å². The zero-order valence-electron chi connectivity index (χ0n) is 22.9. The number of pyridine rings is 1. The molecule has 41 heavy (non-hydrogen) atoms. The normalized spacial score (nSPS) is 12.6. The molecular formula is C33H28F2N4O2. The number of rotatable bonds is 6. The molecule has 0 spiro atoms. The van der Waals surface area contributed by atoms with E-state index in [1.807, 2.05) is 61.5 Å². The summed E-state index contributed by atoms with van der Waals surface area (Å²) in [7, 11) is 3.93. The Bertz CT molecular complexity index is 1680. The van der Waals surface area contributed by atoms with Crippen molar-refractivity contribution in [2.24, 2.45) is 0 Å². The van der Waals surface area contributed by atoms with E-state index in [1.54, 1.807) is 12.1 Å². The van der Waals surface area contributed by atoms with Crippen molar-refractivity contribution in [3.05, 3.63) is 118 Å². The lowest BCUT2D eigenvalue weighted by atomic mass is 9.93. The summed E-state index contributed by atoms with van der Waals surface area (Å²) in [5.41, 5.74) is 6.01. The molecule has 0 saturated carbocycles. The van der Waals surface area contributed by atoms with E-state index >= 15 is 0 Å². The SMILES string of the molecule is CC(=O)N[C@@H](Cc1cc(F)cc(F)c1)c1nc(C#Cc2ccc(N(C)C)cc2)ccc1-c1ccc2c(c1)C(=O)NC2. The van der Waals surface area contributed by atoms with Crippen molar-refractivity contribution < 1.29 is 18.4 Å². The molecule has 1 aliphatic heterocycles. The number of hydrogen-bond donors (Lipinski definition) is 2. The highest BCUT2D eigenvalue weighted by Gasteiger charge is 2.24. The van der Waals surface area contributed by atoms with E-state index in [2.05, 4.69) is 22.5 Å². The summed E-state index contributed by atoms with van der Waals surface area (Å²) in [6.07, 6.45) is 0.0859.